The molecular weight excluding hydrogens is 286 g/mol. The van der Waals surface area contributed by atoms with Crippen molar-refractivity contribution in [3.8, 4) is 0 Å². The van der Waals surface area contributed by atoms with E-state index >= 15 is 0 Å². The van der Waals surface area contributed by atoms with Gasteiger partial charge in [-0.15, -0.1) is 0 Å². The van der Waals surface area contributed by atoms with Crippen LogP contribution in [0.5, 0.6) is 0 Å². The van der Waals surface area contributed by atoms with Crippen molar-refractivity contribution in [3.63, 3.8) is 0 Å². The molecule has 1 saturated heterocycles. The van der Waals surface area contributed by atoms with Gasteiger partial charge in [0.05, 0.1) is 0 Å². The van der Waals surface area contributed by atoms with Crippen LogP contribution in [0.3, 0.4) is 0 Å². The van der Waals surface area contributed by atoms with Gasteiger partial charge in [0.2, 0.25) is 5.91 Å². The van der Waals surface area contributed by atoms with Crippen LogP contribution in [0.25, 0.3) is 0 Å². The lowest BCUT2D eigenvalue weighted by Crippen LogP contribution is -2.34. The van der Waals surface area contributed by atoms with Crippen molar-refractivity contribution >= 4 is 11.7 Å². The van der Waals surface area contributed by atoms with Gasteiger partial charge < -0.3 is 10.2 Å². The van der Waals surface area contributed by atoms with E-state index in [0.29, 0.717) is 0 Å². The average molecular weight is 309 g/mol. The molecule has 1 unspecified atom stereocenters. The van der Waals surface area contributed by atoms with Gasteiger partial charge in [-0.25, -0.2) is 4.98 Å². The number of nitrogens with zero attached hydrogens (tertiary/aromatic N) is 2. The molecule has 120 valence electrons. The average Bonchev–Trinajstić information content (AvgIpc) is 2.89. The van der Waals surface area contributed by atoms with E-state index in [4.69, 9.17) is 0 Å². The fourth-order valence-electron chi connectivity index (χ4n) is 3.02. The van der Waals surface area contributed by atoms with Gasteiger partial charge in [0, 0.05) is 18.8 Å². The van der Waals surface area contributed by atoms with Crippen molar-refractivity contribution < 1.29 is 4.79 Å². The van der Waals surface area contributed by atoms with Crippen molar-refractivity contribution in [1.82, 2.24) is 9.88 Å². The minimum atomic E-state index is -0.138. The predicted octanol–water partition coefficient (Wildman–Crippen LogP) is 3.04. The highest BCUT2D eigenvalue weighted by atomic mass is 16.2. The Bertz CT molecular complexity index is 657. The lowest BCUT2D eigenvalue weighted by atomic mass is 10.1. The molecule has 0 bridgehead atoms. The minimum Gasteiger partial charge on any atom is -0.358 e. The molecule has 4 heteroatoms. The predicted molar refractivity (Wildman–Crippen MR) is 92.3 cm³/mol. The van der Waals surface area contributed by atoms with Crippen LogP contribution >= 0.6 is 0 Å². The van der Waals surface area contributed by atoms with Gasteiger partial charge in [0.1, 0.15) is 11.9 Å². The Morgan fingerprint density at radius 2 is 2.00 bits per heavy atom. The monoisotopic (exact) mass is 309 g/mol. The van der Waals surface area contributed by atoms with Crippen LogP contribution in [-0.2, 0) is 11.2 Å². The maximum Gasteiger partial charge on any atom is 0.245 e. The zero-order valence-corrected chi connectivity index (χ0v) is 13.5. The zero-order chi connectivity index (χ0) is 16.1. The van der Waals surface area contributed by atoms with Crippen molar-refractivity contribution in [1.29, 1.82) is 0 Å². The number of anilines is 1. The second-order valence-corrected chi connectivity index (χ2v) is 6.06. The van der Waals surface area contributed by atoms with Gasteiger partial charge in [0.25, 0.3) is 0 Å². The number of carbonyl (C=O) groups excluding carboxylic acids is 1. The highest BCUT2D eigenvalue weighted by molar-refractivity contribution is 5.86. The van der Waals surface area contributed by atoms with E-state index in [1.165, 1.54) is 5.56 Å². The van der Waals surface area contributed by atoms with Crippen LogP contribution in [0.15, 0.2) is 48.5 Å². The second-order valence-electron chi connectivity index (χ2n) is 6.06. The number of aryl methyl sites for hydroxylation is 2. The van der Waals surface area contributed by atoms with E-state index in [-0.39, 0.29) is 11.9 Å². The van der Waals surface area contributed by atoms with E-state index in [1.807, 2.05) is 36.1 Å². The summed E-state index contributed by atoms with van der Waals surface area (Å²) >= 11 is 0. The Morgan fingerprint density at radius 3 is 2.78 bits per heavy atom. The van der Waals surface area contributed by atoms with Crippen LogP contribution < -0.4 is 5.32 Å². The lowest BCUT2D eigenvalue weighted by Gasteiger charge is -2.17. The molecular formula is C19H23N3O. The van der Waals surface area contributed by atoms with Crippen LogP contribution in [0, 0.1) is 6.92 Å². The third kappa shape index (κ3) is 4.09. The third-order valence-corrected chi connectivity index (χ3v) is 4.24. The molecule has 1 aliphatic heterocycles. The largest absolute Gasteiger partial charge is 0.358 e. The molecule has 4 nitrogen and oxygen atoms in total. The number of benzene rings is 1. The number of nitrogens with one attached hydrogen (secondary N) is 1. The van der Waals surface area contributed by atoms with Crippen LogP contribution in [0.1, 0.15) is 24.1 Å². The Labute approximate surface area is 137 Å². The summed E-state index contributed by atoms with van der Waals surface area (Å²) in [7, 11) is 0. The summed E-state index contributed by atoms with van der Waals surface area (Å²) in [6.45, 7) is 3.61. The van der Waals surface area contributed by atoms with E-state index in [2.05, 4.69) is 34.6 Å². The molecule has 2 heterocycles. The van der Waals surface area contributed by atoms with E-state index in [0.717, 1.165) is 43.9 Å². The molecule has 0 spiro atoms. The Hall–Kier alpha value is -2.36. The van der Waals surface area contributed by atoms with Gasteiger partial charge in [-0.3, -0.25) is 4.79 Å². The van der Waals surface area contributed by atoms with Crippen molar-refractivity contribution in [2.45, 2.75) is 32.2 Å². The van der Waals surface area contributed by atoms with Crippen LogP contribution in [0.4, 0.5) is 5.82 Å². The topological polar surface area (TPSA) is 45.2 Å². The lowest BCUT2D eigenvalue weighted by molar-refractivity contribution is -0.128. The summed E-state index contributed by atoms with van der Waals surface area (Å²) in [5.41, 5.74) is 2.29. The second kappa shape index (κ2) is 7.27. The normalized spacial score (nSPS) is 17.5. The maximum atomic E-state index is 12.5. The van der Waals surface area contributed by atoms with Gasteiger partial charge in [-0.05, 0) is 43.9 Å². The fourth-order valence-corrected chi connectivity index (χ4v) is 3.02. The highest BCUT2D eigenvalue weighted by Gasteiger charge is 2.31. The number of carbonyl (C=O) groups is 1. The number of likely N-dealkylation sites (tertiary alicyclic amines) is 1. The van der Waals surface area contributed by atoms with Crippen LogP contribution in [0.2, 0.25) is 0 Å². The van der Waals surface area contributed by atoms with Gasteiger partial charge >= 0.3 is 0 Å². The summed E-state index contributed by atoms with van der Waals surface area (Å²) in [5.74, 6) is 0.982. The molecule has 0 radical (unpaired) electrons. The summed E-state index contributed by atoms with van der Waals surface area (Å²) in [4.78, 5) is 18.9. The zero-order valence-electron chi connectivity index (χ0n) is 13.5. The molecule has 1 amide bonds. The van der Waals surface area contributed by atoms with E-state index in [1.54, 1.807) is 0 Å². The first-order chi connectivity index (χ1) is 11.2. The third-order valence-electron chi connectivity index (χ3n) is 4.24. The SMILES string of the molecule is Cc1cccc(NC2CCN(CCCc3ccccc3)C2=O)n1. The maximum absolute atomic E-state index is 12.5. The fraction of sp³-hybridized carbons (Fsp3) is 0.368. The molecule has 1 aromatic carbocycles. The summed E-state index contributed by atoms with van der Waals surface area (Å²) in [6, 6.07) is 16.1. The number of rotatable bonds is 6. The van der Waals surface area contributed by atoms with Crippen LogP contribution in [-0.4, -0.2) is 34.9 Å². The molecule has 1 N–H and O–H groups in total. The Morgan fingerprint density at radius 1 is 1.17 bits per heavy atom. The highest BCUT2D eigenvalue weighted by Crippen LogP contribution is 2.17. The smallest absolute Gasteiger partial charge is 0.245 e. The van der Waals surface area contributed by atoms with E-state index < -0.39 is 0 Å². The van der Waals surface area contributed by atoms with Crippen molar-refractivity contribution in [3.05, 3.63) is 59.8 Å². The molecule has 23 heavy (non-hydrogen) atoms. The summed E-state index contributed by atoms with van der Waals surface area (Å²) in [5, 5.41) is 3.27. The summed E-state index contributed by atoms with van der Waals surface area (Å²) < 4.78 is 0. The number of aromatic nitrogens is 1. The number of hydrogen-bond acceptors (Lipinski definition) is 3. The molecule has 2 aromatic rings. The molecule has 1 aromatic heterocycles. The summed E-state index contributed by atoms with van der Waals surface area (Å²) in [6.07, 6.45) is 2.87. The first-order valence-corrected chi connectivity index (χ1v) is 8.25. The molecule has 0 saturated carbocycles. The number of pyridine rings is 1. The number of hydrogen-bond donors (Lipinski definition) is 1. The van der Waals surface area contributed by atoms with E-state index in [9.17, 15) is 4.79 Å². The quantitative estimate of drug-likeness (QED) is 0.892. The van der Waals surface area contributed by atoms with Gasteiger partial charge in [0.15, 0.2) is 0 Å². The number of amides is 1. The standard InChI is InChI=1S/C19H23N3O/c1-15-7-5-11-18(20-15)21-17-12-14-22(19(17)23)13-6-10-16-8-3-2-4-9-16/h2-5,7-9,11,17H,6,10,12-14H2,1H3,(H,20,21). The molecule has 0 aliphatic carbocycles. The molecule has 1 aliphatic rings. The molecule has 1 atom stereocenters. The minimum absolute atomic E-state index is 0.138. The first kappa shape index (κ1) is 15.5. The van der Waals surface area contributed by atoms with Gasteiger partial charge in [-0.1, -0.05) is 36.4 Å². The van der Waals surface area contributed by atoms with Crippen molar-refractivity contribution in [2.75, 3.05) is 18.4 Å². The first-order valence-electron chi connectivity index (χ1n) is 8.25. The molecule has 1 fully saturated rings. The Kier molecular flexibility index (Phi) is 4.91. The molecule has 3 rings (SSSR count). The Balaban J connectivity index is 1.48. The van der Waals surface area contributed by atoms with Crippen molar-refractivity contribution in [2.24, 2.45) is 0 Å². The van der Waals surface area contributed by atoms with Gasteiger partial charge in [-0.2, -0.15) is 0 Å².